The van der Waals surface area contributed by atoms with Crippen LogP contribution in [0.1, 0.15) is 24.8 Å². The van der Waals surface area contributed by atoms with Crippen LogP contribution in [0.4, 0.5) is 5.69 Å². The lowest BCUT2D eigenvalue weighted by Gasteiger charge is -2.27. The molecule has 2 heterocycles. The van der Waals surface area contributed by atoms with Gasteiger partial charge >= 0.3 is 5.69 Å². The highest BCUT2D eigenvalue weighted by atomic mass is 16.2. The Morgan fingerprint density at radius 1 is 1.12 bits per heavy atom. The first-order chi connectivity index (χ1) is 11.7. The second-order valence-electron chi connectivity index (χ2n) is 6.07. The molecule has 3 rings (SSSR count). The van der Waals surface area contributed by atoms with Crippen molar-refractivity contribution in [2.24, 2.45) is 0 Å². The lowest BCUT2D eigenvalue weighted by Crippen LogP contribution is -2.30. The predicted octanol–water partition coefficient (Wildman–Crippen LogP) is 1.87. The Hall–Kier alpha value is -2.47. The third-order valence-corrected chi connectivity index (χ3v) is 4.23. The average molecular weight is 326 g/mol. The number of hydrogen-bond donors (Lipinski definition) is 1. The van der Waals surface area contributed by atoms with Crippen molar-refractivity contribution in [3.05, 3.63) is 58.8 Å². The molecule has 0 unspecified atom stereocenters. The summed E-state index contributed by atoms with van der Waals surface area (Å²) in [4.78, 5) is 29.9. The van der Waals surface area contributed by atoms with Gasteiger partial charge in [0.1, 0.15) is 6.54 Å². The molecule has 1 aliphatic rings. The number of hydrogen-bond acceptors (Lipinski definition) is 4. The fourth-order valence-corrected chi connectivity index (χ4v) is 2.99. The van der Waals surface area contributed by atoms with E-state index in [9.17, 15) is 9.59 Å². The van der Waals surface area contributed by atoms with Crippen molar-refractivity contribution < 1.29 is 4.79 Å². The first-order valence-electron chi connectivity index (χ1n) is 8.34. The van der Waals surface area contributed by atoms with Crippen molar-refractivity contribution in [2.75, 3.05) is 18.4 Å². The summed E-state index contributed by atoms with van der Waals surface area (Å²) in [5, 5.41) is 2.92. The number of para-hydroxylation sites is 1. The van der Waals surface area contributed by atoms with E-state index in [0.717, 1.165) is 30.9 Å². The summed E-state index contributed by atoms with van der Waals surface area (Å²) < 4.78 is 1.29. The summed E-state index contributed by atoms with van der Waals surface area (Å²) in [6, 6.07) is 9.48. The quantitative estimate of drug-likeness (QED) is 0.911. The standard InChI is InChI=1S/C18H22N4O2/c23-17(14-22-12-6-9-19-18(22)24)20-16-8-3-2-7-15(16)13-21-10-4-1-5-11-21/h2-3,6-9,12H,1,4-5,10-11,13-14H2,(H,20,23). The van der Waals surface area contributed by atoms with Crippen LogP contribution in [0.2, 0.25) is 0 Å². The molecular formula is C18H22N4O2. The second kappa shape index (κ2) is 7.88. The number of anilines is 1. The minimum Gasteiger partial charge on any atom is -0.324 e. The normalized spacial score (nSPS) is 15.2. The van der Waals surface area contributed by atoms with Gasteiger partial charge in [-0.3, -0.25) is 14.3 Å². The maximum atomic E-state index is 12.3. The Morgan fingerprint density at radius 2 is 1.92 bits per heavy atom. The molecule has 0 aliphatic carbocycles. The third-order valence-electron chi connectivity index (χ3n) is 4.23. The molecule has 126 valence electrons. The van der Waals surface area contributed by atoms with Crippen molar-refractivity contribution in [2.45, 2.75) is 32.4 Å². The van der Waals surface area contributed by atoms with Crippen LogP contribution >= 0.6 is 0 Å². The molecule has 6 nitrogen and oxygen atoms in total. The maximum Gasteiger partial charge on any atom is 0.347 e. The Morgan fingerprint density at radius 3 is 2.71 bits per heavy atom. The number of aromatic nitrogens is 2. The summed E-state index contributed by atoms with van der Waals surface area (Å²) in [6.45, 7) is 3.01. The summed E-state index contributed by atoms with van der Waals surface area (Å²) in [5.74, 6) is -0.226. The van der Waals surface area contributed by atoms with Gasteiger partial charge in [-0.05, 0) is 43.6 Å². The molecule has 6 heteroatoms. The summed E-state index contributed by atoms with van der Waals surface area (Å²) in [5.41, 5.74) is 1.49. The third kappa shape index (κ3) is 4.29. The molecule has 1 saturated heterocycles. The van der Waals surface area contributed by atoms with Crippen molar-refractivity contribution in [1.29, 1.82) is 0 Å². The van der Waals surface area contributed by atoms with Crippen LogP contribution in [0.5, 0.6) is 0 Å². The van der Waals surface area contributed by atoms with Gasteiger partial charge in [0.15, 0.2) is 0 Å². The van der Waals surface area contributed by atoms with Crippen LogP contribution in [0, 0.1) is 0 Å². The molecule has 2 aromatic rings. The second-order valence-corrected chi connectivity index (χ2v) is 6.07. The number of benzene rings is 1. The van der Waals surface area contributed by atoms with E-state index in [2.05, 4.69) is 15.2 Å². The van der Waals surface area contributed by atoms with E-state index in [0.29, 0.717) is 0 Å². The SMILES string of the molecule is O=C(Cn1cccnc1=O)Nc1ccccc1CN1CCCCC1. The zero-order valence-electron chi connectivity index (χ0n) is 13.6. The lowest BCUT2D eigenvalue weighted by atomic mass is 10.1. The molecule has 0 radical (unpaired) electrons. The van der Waals surface area contributed by atoms with Gasteiger partial charge in [-0.15, -0.1) is 0 Å². The molecule has 1 aromatic heterocycles. The van der Waals surface area contributed by atoms with Gasteiger partial charge in [0.2, 0.25) is 5.91 Å². The minimum atomic E-state index is -0.422. The number of nitrogens with one attached hydrogen (secondary N) is 1. The van der Waals surface area contributed by atoms with E-state index in [4.69, 9.17) is 0 Å². The lowest BCUT2D eigenvalue weighted by molar-refractivity contribution is -0.116. The molecular weight excluding hydrogens is 304 g/mol. The number of carbonyl (C=O) groups is 1. The molecule has 1 N–H and O–H groups in total. The molecule has 1 amide bonds. The van der Waals surface area contributed by atoms with Gasteiger partial charge in [0.25, 0.3) is 0 Å². The van der Waals surface area contributed by atoms with Gasteiger partial charge < -0.3 is 5.32 Å². The van der Waals surface area contributed by atoms with Crippen LogP contribution in [0.25, 0.3) is 0 Å². The average Bonchev–Trinajstić information content (AvgIpc) is 2.60. The van der Waals surface area contributed by atoms with Gasteiger partial charge in [-0.2, -0.15) is 0 Å². The van der Waals surface area contributed by atoms with Crippen LogP contribution in [0.3, 0.4) is 0 Å². The zero-order valence-corrected chi connectivity index (χ0v) is 13.6. The van der Waals surface area contributed by atoms with Crippen LogP contribution < -0.4 is 11.0 Å². The van der Waals surface area contributed by atoms with Gasteiger partial charge in [-0.1, -0.05) is 24.6 Å². The van der Waals surface area contributed by atoms with Gasteiger partial charge in [0.05, 0.1) is 0 Å². The number of rotatable bonds is 5. The molecule has 1 aliphatic heterocycles. The van der Waals surface area contributed by atoms with E-state index in [1.54, 1.807) is 12.3 Å². The fourth-order valence-electron chi connectivity index (χ4n) is 2.99. The van der Waals surface area contributed by atoms with Crippen molar-refractivity contribution >= 4 is 11.6 Å². The van der Waals surface area contributed by atoms with E-state index in [1.807, 2.05) is 24.3 Å². The number of carbonyl (C=O) groups excluding carboxylic acids is 1. The Labute approximate surface area is 141 Å². The van der Waals surface area contributed by atoms with Crippen molar-refractivity contribution in [1.82, 2.24) is 14.5 Å². The van der Waals surface area contributed by atoms with E-state index >= 15 is 0 Å². The molecule has 0 bridgehead atoms. The highest BCUT2D eigenvalue weighted by molar-refractivity contribution is 5.91. The number of nitrogens with zero attached hydrogens (tertiary/aromatic N) is 3. The molecule has 0 atom stereocenters. The predicted molar refractivity (Wildman–Crippen MR) is 92.7 cm³/mol. The zero-order chi connectivity index (χ0) is 16.8. The number of piperidine rings is 1. The first-order valence-corrected chi connectivity index (χ1v) is 8.34. The van der Waals surface area contributed by atoms with Crippen LogP contribution in [-0.2, 0) is 17.9 Å². The molecule has 0 spiro atoms. The Balaban J connectivity index is 1.67. The number of amides is 1. The summed E-state index contributed by atoms with van der Waals surface area (Å²) in [7, 11) is 0. The van der Waals surface area contributed by atoms with E-state index in [-0.39, 0.29) is 12.5 Å². The molecule has 1 aromatic carbocycles. The first kappa shape index (κ1) is 16.4. The molecule has 0 saturated carbocycles. The Bertz CT molecular complexity index is 750. The largest absolute Gasteiger partial charge is 0.347 e. The smallest absolute Gasteiger partial charge is 0.324 e. The maximum absolute atomic E-state index is 12.3. The van der Waals surface area contributed by atoms with Crippen LogP contribution in [0.15, 0.2) is 47.5 Å². The highest BCUT2D eigenvalue weighted by Crippen LogP contribution is 2.19. The summed E-state index contributed by atoms with van der Waals surface area (Å²) >= 11 is 0. The van der Waals surface area contributed by atoms with Gasteiger partial charge in [0, 0.05) is 24.6 Å². The van der Waals surface area contributed by atoms with Gasteiger partial charge in [-0.25, -0.2) is 9.78 Å². The number of likely N-dealkylation sites (tertiary alicyclic amines) is 1. The highest BCUT2D eigenvalue weighted by Gasteiger charge is 2.13. The fraction of sp³-hybridized carbons (Fsp3) is 0.389. The van der Waals surface area contributed by atoms with E-state index in [1.165, 1.54) is 30.0 Å². The van der Waals surface area contributed by atoms with E-state index < -0.39 is 5.69 Å². The molecule has 24 heavy (non-hydrogen) atoms. The monoisotopic (exact) mass is 326 g/mol. The molecule has 1 fully saturated rings. The van der Waals surface area contributed by atoms with Crippen molar-refractivity contribution in [3.8, 4) is 0 Å². The summed E-state index contributed by atoms with van der Waals surface area (Å²) in [6.07, 6.45) is 6.75. The van der Waals surface area contributed by atoms with Crippen molar-refractivity contribution in [3.63, 3.8) is 0 Å². The topological polar surface area (TPSA) is 67.2 Å². The minimum absolute atomic E-state index is 0.0370. The Kier molecular flexibility index (Phi) is 5.38. The van der Waals surface area contributed by atoms with Crippen LogP contribution in [-0.4, -0.2) is 33.4 Å².